The number of nitrogens with zero attached hydrogens (tertiary/aromatic N) is 1. The zero-order chi connectivity index (χ0) is 28.2. The van der Waals surface area contributed by atoms with E-state index in [1.807, 2.05) is 5.32 Å². The Morgan fingerprint density at radius 3 is 2.34 bits per heavy atom. The third-order valence-electron chi connectivity index (χ3n) is 5.18. The maximum atomic E-state index is 12.8. The van der Waals surface area contributed by atoms with Crippen LogP contribution < -0.4 is 10.6 Å². The van der Waals surface area contributed by atoms with Crippen molar-refractivity contribution in [2.24, 2.45) is 0 Å². The van der Waals surface area contributed by atoms with Gasteiger partial charge in [0, 0.05) is 11.3 Å². The number of β-lactam (4-membered cyclic amide) rings is 1. The van der Waals surface area contributed by atoms with E-state index >= 15 is 0 Å². The van der Waals surface area contributed by atoms with Crippen molar-refractivity contribution in [1.82, 2.24) is 15.5 Å². The third kappa shape index (κ3) is 6.43. The number of imide groups is 1. The molecule has 1 aromatic carbocycles. The van der Waals surface area contributed by atoms with Crippen LogP contribution in [0.4, 0.5) is 9.59 Å². The van der Waals surface area contributed by atoms with E-state index in [-0.39, 0.29) is 34.8 Å². The van der Waals surface area contributed by atoms with Crippen molar-refractivity contribution in [2.75, 3.05) is 19.0 Å². The van der Waals surface area contributed by atoms with Gasteiger partial charge in [0.1, 0.15) is 29.3 Å². The first kappa shape index (κ1) is 28.5. The molecule has 3 N–H and O–H groups in total. The van der Waals surface area contributed by atoms with E-state index in [1.54, 1.807) is 27.7 Å². The molecule has 0 bridgehead atoms. The number of ether oxygens (including phenoxy) is 3. The summed E-state index contributed by atoms with van der Waals surface area (Å²) in [6.45, 7) is 6.14. The van der Waals surface area contributed by atoms with E-state index in [0.717, 1.165) is 4.90 Å². The number of nitrogens with one attached hydrogen (secondary N) is 2. The SMILES string of the molecule is CCOC(=O)NC(=O)c1ccccc1C(=O)OCC1=C(C(=O)O)N2C(=O)[C@@H](NC(=O)OC(C)(C)C)[C@H]2SC1. The molecule has 0 saturated carbocycles. The molecular formula is C24H27N3O10S. The fraction of sp³-hybridized carbons (Fsp3) is 0.417. The van der Waals surface area contributed by atoms with Gasteiger partial charge in [-0.25, -0.2) is 19.2 Å². The number of alkyl carbamates (subject to hydrolysis) is 2. The van der Waals surface area contributed by atoms with Crippen molar-refractivity contribution in [1.29, 1.82) is 0 Å². The molecule has 13 nitrogen and oxygen atoms in total. The van der Waals surface area contributed by atoms with Crippen LogP contribution in [-0.2, 0) is 23.8 Å². The standard InChI is InChI=1S/C24H27N3O10S/c1-5-35-22(33)26-17(28)13-8-6-7-9-14(13)21(32)36-10-12-11-38-19-15(25-23(34)37-24(2,3)4)18(29)27(19)16(12)20(30)31/h6-9,15,19H,5,10-11H2,1-4H3,(H,25,34)(H,30,31)(H,26,28,33)/t15-,19-/m1/s1. The second-order valence-electron chi connectivity index (χ2n) is 9.09. The average Bonchev–Trinajstić information content (AvgIpc) is 2.84. The zero-order valence-corrected chi connectivity index (χ0v) is 21.9. The molecule has 0 radical (unpaired) electrons. The second kappa shape index (κ2) is 11.5. The minimum Gasteiger partial charge on any atom is -0.477 e. The summed E-state index contributed by atoms with van der Waals surface area (Å²) >= 11 is 1.19. The van der Waals surface area contributed by atoms with Crippen molar-refractivity contribution in [3.63, 3.8) is 0 Å². The van der Waals surface area contributed by atoms with Crippen LogP contribution in [0.2, 0.25) is 0 Å². The van der Waals surface area contributed by atoms with E-state index in [2.05, 4.69) is 10.1 Å². The molecule has 38 heavy (non-hydrogen) atoms. The molecule has 2 heterocycles. The fourth-order valence-corrected chi connectivity index (χ4v) is 4.97. The third-order valence-corrected chi connectivity index (χ3v) is 6.52. The van der Waals surface area contributed by atoms with E-state index in [0.29, 0.717) is 0 Å². The lowest BCUT2D eigenvalue weighted by Crippen LogP contribution is -2.70. The van der Waals surface area contributed by atoms with Crippen LogP contribution >= 0.6 is 11.8 Å². The predicted octanol–water partition coefficient (Wildman–Crippen LogP) is 1.88. The normalized spacial score (nSPS) is 18.5. The molecule has 0 spiro atoms. The van der Waals surface area contributed by atoms with Gasteiger partial charge in [-0.3, -0.25) is 19.8 Å². The van der Waals surface area contributed by atoms with Gasteiger partial charge in [-0.05, 0) is 39.8 Å². The van der Waals surface area contributed by atoms with E-state index in [9.17, 15) is 33.9 Å². The summed E-state index contributed by atoms with van der Waals surface area (Å²) in [5.41, 5.74) is -1.27. The number of fused-ring (bicyclic) bond motifs is 1. The highest BCUT2D eigenvalue weighted by molar-refractivity contribution is 8.00. The maximum Gasteiger partial charge on any atom is 0.414 e. The summed E-state index contributed by atoms with van der Waals surface area (Å²) in [4.78, 5) is 74.6. The van der Waals surface area contributed by atoms with Gasteiger partial charge < -0.3 is 24.6 Å². The molecule has 1 fully saturated rings. The van der Waals surface area contributed by atoms with Crippen LogP contribution in [0.15, 0.2) is 35.5 Å². The Balaban J connectivity index is 1.71. The molecule has 14 heteroatoms. The molecule has 3 rings (SSSR count). The van der Waals surface area contributed by atoms with Crippen LogP contribution in [0, 0.1) is 0 Å². The van der Waals surface area contributed by atoms with Gasteiger partial charge in [-0.15, -0.1) is 11.8 Å². The number of carbonyl (C=O) groups is 6. The zero-order valence-electron chi connectivity index (χ0n) is 21.1. The molecular weight excluding hydrogens is 522 g/mol. The minimum absolute atomic E-state index is 0.0417. The maximum absolute atomic E-state index is 12.8. The molecule has 2 atom stereocenters. The second-order valence-corrected chi connectivity index (χ2v) is 10.2. The Labute approximate surface area is 221 Å². The van der Waals surface area contributed by atoms with Gasteiger partial charge in [0.15, 0.2) is 0 Å². The number of aliphatic carboxylic acids is 1. The van der Waals surface area contributed by atoms with Crippen LogP contribution in [0.25, 0.3) is 0 Å². The van der Waals surface area contributed by atoms with Gasteiger partial charge in [-0.1, -0.05) is 12.1 Å². The summed E-state index contributed by atoms with van der Waals surface area (Å²) < 4.78 is 15.1. The molecule has 204 valence electrons. The molecule has 0 aliphatic carbocycles. The molecule has 2 aliphatic heterocycles. The number of hydrogen-bond acceptors (Lipinski definition) is 10. The van der Waals surface area contributed by atoms with Gasteiger partial charge in [0.05, 0.1) is 17.7 Å². The Bertz CT molecular complexity index is 1210. The summed E-state index contributed by atoms with van der Waals surface area (Å²) in [7, 11) is 0. The number of carboxylic acids is 1. The Kier molecular flexibility index (Phi) is 8.66. The van der Waals surface area contributed by atoms with Gasteiger partial charge >= 0.3 is 24.1 Å². The first-order chi connectivity index (χ1) is 17.8. The van der Waals surface area contributed by atoms with Gasteiger partial charge in [-0.2, -0.15) is 0 Å². The Morgan fingerprint density at radius 1 is 1.08 bits per heavy atom. The number of thioether (sulfide) groups is 1. The summed E-state index contributed by atoms with van der Waals surface area (Å²) in [6, 6.07) is 4.61. The lowest BCUT2D eigenvalue weighted by Gasteiger charge is -2.49. The van der Waals surface area contributed by atoms with Crippen LogP contribution in [0.5, 0.6) is 0 Å². The van der Waals surface area contributed by atoms with Crippen molar-refractivity contribution < 1.29 is 48.1 Å². The first-order valence-corrected chi connectivity index (χ1v) is 12.5. The van der Waals surface area contributed by atoms with E-state index in [4.69, 9.17) is 9.47 Å². The van der Waals surface area contributed by atoms with Crippen molar-refractivity contribution in [3.8, 4) is 0 Å². The number of esters is 1. The Morgan fingerprint density at radius 2 is 1.74 bits per heavy atom. The smallest absolute Gasteiger partial charge is 0.414 e. The number of carboxylic acid groups (broad SMARTS) is 1. The molecule has 2 aliphatic rings. The van der Waals surface area contributed by atoms with Crippen LogP contribution in [0.1, 0.15) is 48.4 Å². The molecule has 1 saturated heterocycles. The number of hydrogen-bond donors (Lipinski definition) is 3. The summed E-state index contributed by atoms with van der Waals surface area (Å²) in [5.74, 6) is -3.77. The molecule has 4 amide bonds. The Hall–Kier alpha value is -4.07. The molecule has 1 aromatic rings. The highest BCUT2D eigenvalue weighted by Gasteiger charge is 2.54. The minimum atomic E-state index is -1.40. The quantitative estimate of drug-likeness (QED) is 0.257. The van der Waals surface area contributed by atoms with E-state index < -0.39 is 59.6 Å². The van der Waals surface area contributed by atoms with Crippen LogP contribution in [-0.4, -0.2) is 81.9 Å². The largest absolute Gasteiger partial charge is 0.477 e. The lowest BCUT2D eigenvalue weighted by atomic mass is 10.0. The number of amides is 4. The number of benzene rings is 1. The topological polar surface area (TPSA) is 178 Å². The van der Waals surface area contributed by atoms with Gasteiger partial charge in [0.2, 0.25) is 0 Å². The number of rotatable bonds is 7. The number of carbonyl (C=O) groups excluding carboxylic acids is 5. The van der Waals surface area contributed by atoms with Crippen molar-refractivity contribution in [2.45, 2.75) is 44.7 Å². The monoisotopic (exact) mass is 549 g/mol. The molecule has 0 unspecified atom stereocenters. The fourth-order valence-electron chi connectivity index (χ4n) is 3.65. The first-order valence-electron chi connectivity index (χ1n) is 11.5. The summed E-state index contributed by atoms with van der Waals surface area (Å²) in [6.07, 6.45) is -1.79. The van der Waals surface area contributed by atoms with Crippen LogP contribution in [0.3, 0.4) is 0 Å². The highest BCUT2D eigenvalue weighted by Crippen LogP contribution is 2.40. The lowest BCUT2D eigenvalue weighted by molar-refractivity contribution is -0.149. The molecule has 0 aromatic heterocycles. The highest BCUT2D eigenvalue weighted by atomic mass is 32.2. The van der Waals surface area contributed by atoms with E-state index in [1.165, 1.54) is 36.0 Å². The van der Waals surface area contributed by atoms with Crippen molar-refractivity contribution in [3.05, 3.63) is 46.7 Å². The predicted molar refractivity (Wildman–Crippen MR) is 132 cm³/mol. The van der Waals surface area contributed by atoms with Gasteiger partial charge in [0.25, 0.3) is 11.8 Å². The summed E-state index contributed by atoms with van der Waals surface area (Å²) in [5, 5.41) is 13.6. The average molecular weight is 550 g/mol. The van der Waals surface area contributed by atoms with Crippen molar-refractivity contribution >= 4 is 47.7 Å².